The van der Waals surface area contributed by atoms with E-state index < -0.39 is 17.7 Å². The molecule has 0 spiro atoms. The molecule has 5 nitrogen and oxygen atoms in total. The molecule has 0 bridgehead atoms. The summed E-state index contributed by atoms with van der Waals surface area (Å²) in [5.74, 6) is -1.47. The predicted octanol–water partition coefficient (Wildman–Crippen LogP) is 2.08. The summed E-state index contributed by atoms with van der Waals surface area (Å²) in [5.41, 5.74) is 0.333. The summed E-state index contributed by atoms with van der Waals surface area (Å²) in [5, 5.41) is 2.54. The summed E-state index contributed by atoms with van der Waals surface area (Å²) >= 11 is 0. The molecule has 1 aromatic carbocycles. The van der Waals surface area contributed by atoms with Crippen LogP contribution in [0.2, 0.25) is 0 Å². The molecular formula is C15H13FN2O3. The van der Waals surface area contributed by atoms with Crippen molar-refractivity contribution in [2.45, 2.75) is 13.5 Å². The minimum Gasteiger partial charge on any atom is -0.426 e. The van der Waals surface area contributed by atoms with Crippen molar-refractivity contribution in [3.8, 4) is 5.75 Å². The Bertz CT molecular complexity index is 659. The van der Waals surface area contributed by atoms with E-state index in [1.807, 2.05) is 0 Å². The van der Waals surface area contributed by atoms with Gasteiger partial charge >= 0.3 is 5.97 Å². The molecule has 2 aromatic rings. The molecular weight excluding hydrogens is 275 g/mol. The third-order valence-corrected chi connectivity index (χ3v) is 2.65. The Kier molecular flexibility index (Phi) is 4.61. The van der Waals surface area contributed by atoms with Crippen LogP contribution in [0.4, 0.5) is 4.39 Å². The third kappa shape index (κ3) is 3.85. The van der Waals surface area contributed by atoms with Crippen LogP contribution in [0.3, 0.4) is 0 Å². The Morgan fingerprint density at radius 2 is 2.05 bits per heavy atom. The number of halogens is 1. The molecule has 0 aliphatic heterocycles. The van der Waals surface area contributed by atoms with E-state index in [4.69, 9.17) is 4.74 Å². The highest BCUT2D eigenvalue weighted by molar-refractivity contribution is 5.92. The van der Waals surface area contributed by atoms with Gasteiger partial charge in [-0.3, -0.25) is 14.6 Å². The van der Waals surface area contributed by atoms with Crippen molar-refractivity contribution in [2.24, 2.45) is 0 Å². The Hall–Kier alpha value is -2.76. The van der Waals surface area contributed by atoms with Crippen molar-refractivity contribution in [2.75, 3.05) is 0 Å². The molecule has 1 N–H and O–H groups in total. The van der Waals surface area contributed by atoms with Gasteiger partial charge in [0.2, 0.25) is 0 Å². The number of hydrogen-bond acceptors (Lipinski definition) is 4. The molecule has 108 valence electrons. The molecule has 0 fully saturated rings. The molecule has 0 aliphatic rings. The van der Waals surface area contributed by atoms with Gasteiger partial charge in [0.15, 0.2) is 0 Å². The van der Waals surface area contributed by atoms with E-state index >= 15 is 0 Å². The molecule has 0 saturated carbocycles. The highest BCUT2D eigenvalue weighted by Crippen LogP contribution is 2.21. The van der Waals surface area contributed by atoms with E-state index in [2.05, 4.69) is 10.3 Å². The Morgan fingerprint density at radius 1 is 1.24 bits per heavy atom. The standard InChI is InChI=1S/C15H13FN2O3/c1-10(19)21-14-7-4-5-12(16)11(14)9-18-15(20)13-6-2-3-8-17-13/h2-8H,9H2,1H3,(H,18,20). The summed E-state index contributed by atoms with van der Waals surface area (Å²) in [6, 6.07) is 9.03. The van der Waals surface area contributed by atoms with Crippen molar-refractivity contribution in [3.05, 3.63) is 59.7 Å². The molecule has 0 saturated heterocycles. The second-order valence-electron chi connectivity index (χ2n) is 4.21. The predicted molar refractivity (Wildman–Crippen MR) is 73.1 cm³/mol. The van der Waals surface area contributed by atoms with Gasteiger partial charge in [-0.1, -0.05) is 12.1 Å². The van der Waals surface area contributed by atoms with E-state index in [1.165, 1.54) is 31.3 Å². The van der Waals surface area contributed by atoms with Gasteiger partial charge in [0.1, 0.15) is 17.3 Å². The summed E-state index contributed by atoms with van der Waals surface area (Å²) in [6.45, 7) is 1.12. The Labute approximate surface area is 120 Å². The number of amides is 1. The van der Waals surface area contributed by atoms with Gasteiger partial charge in [-0.05, 0) is 24.3 Å². The van der Waals surface area contributed by atoms with Crippen LogP contribution in [0.15, 0.2) is 42.6 Å². The minimum absolute atomic E-state index is 0.0869. The third-order valence-electron chi connectivity index (χ3n) is 2.65. The smallest absolute Gasteiger partial charge is 0.308 e. The van der Waals surface area contributed by atoms with Crippen molar-refractivity contribution in [3.63, 3.8) is 0 Å². The number of pyridine rings is 1. The SMILES string of the molecule is CC(=O)Oc1cccc(F)c1CNC(=O)c1ccccn1. The molecule has 2 rings (SSSR count). The average Bonchev–Trinajstić information content (AvgIpc) is 2.46. The van der Waals surface area contributed by atoms with E-state index in [-0.39, 0.29) is 23.6 Å². The highest BCUT2D eigenvalue weighted by atomic mass is 19.1. The lowest BCUT2D eigenvalue weighted by Crippen LogP contribution is -2.24. The van der Waals surface area contributed by atoms with Crippen LogP contribution in [0.1, 0.15) is 23.0 Å². The number of rotatable bonds is 4. The largest absolute Gasteiger partial charge is 0.426 e. The van der Waals surface area contributed by atoms with Crippen LogP contribution in [-0.2, 0) is 11.3 Å². The molecule has 1 heterocycles. The number of nitrogens with one attached hydrogen (secondary N) is 1. The zero-order valence-electron chi connectivity index (χ0n) is 11.3. The number of esters is 1. The van der Waals surface area contributed by atoms with Crippen molar-refractivity contribution in [1.82, 2.24) is 10.3 Å². The molecule has 21 heavy (non-hydrogen) atoms. The van der Waals surface area contributed by atoms with Gasteiger partial charge in [0, 0.05) is 25.2 Å². The lowest BCUT2D eigenvalue weighted by atomic mass is 10.2. The maximum absolute atomic E-state index is 13.8. The van der Waals surface area contributed by atoms with Gasteiger partial charge < -0.3 is 10.1 Å². The zero-order valence-corrected chi connectivity index (χ0v) is 11.3. The van der Waals surface area contributed by atoms with Crippen LogP contribution in [-0.4, -0.2) is 16.9 Å². The van der Waals surface area contributed by atoms with Gasteiger partial charge in [-0.2, -0.15) is 0 Å². The number of aromatic nitrogens is 1. The van der Waals surface area contributed by atoms with Gasteiger partial charge in [0.05, 0.1) is 0 Å². The number of ether oxygens (including phenoxy) is 1. The first-order valence-corrected chi connectivity index (χ1v) is 6.23. The average molecular weight is 288 g/mol. The lowest BCUT2D eigenvalue weighted by Gasteiger charge is -2.10. The van der Waals surface area contributed by atoms with Crippen LogP contribution < -0.4 is 10.1 Å². The Morgan fingerprint density at radius 3 is 2.71 bits per heavy atom. The number of benzene rings is 1. The topological polar surface area (TPSA) is 68.3 Å². The van der Waals surface area contributed by atoms with Crippen LogP contribution in [0.5, 0.6) is 5.75 Å². The summed E-state index contributed by atoms with van der Waals surface area (Å²) in [4.78, 5) is 26.7. The Balaban J connectivity index is 2.13. The van der Waals surface area contributed by atoms with Crippen molar-refractivity contribution in [1.29, 1.82) is 0 Å². The molecule has 0 radical (unpaired) electrons. The quantitative estimate of drug-likeness (QED) is 0.691. The van der Waals surface area contributed by atoms with Crippen LogP contribution >= 0.6 is 0 Å². The maximum Gasteiger partial charge on any atom is 0.308 e. The molecule has 1 aromatic heterocycles. The minimum atomic E-state index is -0.560. The number of carbonyl (C=O) groups excluding carboxylic acids is 2. The summed E-state index contributed by atoms with van der Waals surface area (Å²) in [7, 11) is 0. The van der Waals surface area contributed by atoms with E-state index in [9.17, 15) is 14.0 Å². The summed E-state index contributed by atoms with van der Waals surface area (Å²) in [6.07, 6.45) is 1.49. The molecule has 6 heteroatoms. The fourth-order valence-corrected chi connectivity index (χ4v) is 1.72. The van der Waals surface area contributed by atoms with Crippen molar-refractivity contribution < 1.29 is 18.7 Å². The first kappa shape index (κ1) is 14.6. The summed E-state index contributed by atoms with van der Waals surface area (Å²) < 4.78 is 18.7. The molecule has 0 atom stereocenters. The number of hydrogen-bond donors (Lipinski definition) is 1. The number of carbonyl (C=O) groups is 2. The first-order valence-electron chi connectivity index (χ1n) is 6.23. The molecule has 1 amide bonds. The molecule has 0 aliphatic carbocycles. The maximum atomic E-state index is 13.8. The second kappa shape index (κ2) is 6.60. The zero-order chi connectivity index (χ0) is 15.2. The van der Waals surface area contributed by atoms with E-state index in [1.54, 1.807) is 18.2 Å². The first-order chi connectivity index (χ1) is 10.1. The van der Waals surface area contributed by atoms with Crippen LogP contribution in [0, 0.1) is 5.82 Å². The second-order valence-corrected chi connectivity index (χ2v) is 4.21. The lowest BCUT2D eigenvalue weighted by molar-refractivity contribution is -0.131. The fraction of sp³-hybridized carbons (Fsp3) is 0.133. The van der Waals surface area contributed by atoms with Gasteiger partial charge in [-0.25, -0.2) is 4.39 Å². The van der Waals surface area contributed by atoms with E-state index in [0.717, 1.165) is 0 Å². The van der Waals surface area contributed by atoms with Gasteiger partial charge in [0.25, 0.3) is 5.91 Å². The van der Waals surface area contributed by atoms with E-state index in [0.29, 0.717) is 0 Å². The highest BCUT2D eigenvalue weighted by Gasteiger charge is 2.13. The van der Waals surface area contributed by atoms with Crippen molar-refractivity contribution >= 4 is 11.9 Å². The molecule has 0 unspecified atom stereocenters. The normalized spacial score (nSPS) is 10.0. The number of nitrogens with zero attached hydrogens (tertiary/aromatic N) is 1. The van der Waals surface area contributed by atoms with Crippen LogP contribution in [0.25, 0.3) is 0 Å². The fourth-order valence-electron chi connectivity index (χ4n) is 1.72. The monoisotopic (exact) mass is 288 g/mol. The van der Waals surface area contributed by atoms with Gasteiger partial charge in [-0.15, -0.1) is 0 Å².